The summed E-state index contributed by atoms with van der Waals surface area (Å²) in [4.78, 5) is 22.7. The normalized spacial score (nSPS) is 11.3. The van der Waals surface area contributed by atoms with E-state index in [9.17, 15) is 18.4 Å². The van der Waals surface area contributed by atoms with E-state index in [0.717, 1.165) is 0 Å². The summed E-state index contributed by atoms with van der Waals surface area (Å²) in [5.74, 6) is -1.84. The van der Waals surface area contributed by atoms with Crippen molar-refractivity contribution in [3.8, 4) is 5.75 Å². The molecule has 0 saturated heterocycles. The van der Waals surface area contributed by atoms with Crippen LogP contribution in [0.2, 0.25) is 5.02 Å². The van der Waals surface area contributed by atoms with Crippen LogP contribution in [0.4, 0.5) is 14.5 Å². The van der Waals surface area contributed by atoms with Gasteiger partial charge in [-0.15, -0.1) is 0 Å². The van der Waals surface area contributed by atoms with Crippen LogP contribution in [0.5, 0.6) is 5.75 Å². The fourth-order valence-corrected chi connectivity index (χ4v) is 1.68. The van der Waals surface area contributed by atoms with Crippen LogP contribution in [0.3, 0.4) is 0 Å². The van der Waals surface area contributed by atoms with Crippen LogP contribution in [0.25, 0.3) is 0 Å². The number of carboxylic acid groups (broad SMARTS) is 1. The average Bonchev–Trinajstić information content (AvgIpc) is 2.31. The van der Waals surface area contributed by atoms with E-state index in [-0.39, 0.29) is 22.9 Å². The van der Waals surface area contributed by atoms with Gasteiger partial charge in [-0.25, -0.2) is 0 Å². The smallest absolute Gasteiger partial charge is 0.387 e. The molecule has 0 radical (unpaired) electrons. The van der Waals surface area contributed by atoms with Crippen LogP contribution in [0, 0.1) is 5.41 Å². The number of benzene rings is 1. The highest BCUT2D eigenvalue weighted by Gasteiger charge is 2.30. The van der Waals surface area contributed by atoms with Gasteiger partial charge >= 0.3 is 12.6 Å². The van der Waals surface area contributed by atoms with Crippen LogP contribution in [-0.2, 0) is 9.59 Å². The zero-order chi connectivity index (χ0) is 16.2. The summed E-state index contributed by atoms with van der Waals surface area (Å²) in [5.41, 5.74) is -0.958. The van der Waals surface area contributed by atoms with Gasteiger partial charge in [0, 0.05) is 12.1 Å². The van der Waals surface area contributed by atoms with Crippen LogP contribution in [0.15, 0.2) is 18.2 Å². The first kappa shape index (κ1) is 17.2. The number of carboxylic acids is 1. The Morgan fingerprint density at radius 3 is 2.52 bits per heavy atom. The largest absolute Gasteiger partial charge is 0.481 e. The molecule has 0 aromatic heterocycles. The van der Waals surface area contributed by atoms with E-state index in [0.29, 0.717) is 0 Å². The third kappa shape index (κ3) is 5.18. The molecule has 21 heavy (non-hydrogen) atoms. The lowest BCUT2D eigenvalue weighted by Gasteiger charge is -2.18. The molecule has 0 spiro atoms. The zero-order valence-electron chi connectivity index (χ0n) is 11.3. The number of hydrogen-bond acceptors (Lipinski definition) is 3. The first-order chi connectivity index (χ1) is 9.61. The van der Waals surface area contributed by atoms with Crippen molar-refractivity contribution in [1.82, 2.24) is 0 Å². The van der Waals surface area contributed by atoms with Crippen molar-refractivity contribution in [2.24, 2.45) is 5.41 Å². The topological polar surface area (TPSA) is 75.6 Å². The molecule has 0 atom stereocenters. The first-order valence-corrected chi connectivity index (χ1v) is 6.27. The lowest BCUT2D eigenvalue weighted by atomic mass is 9.89. The summed E-state index contributed by atoms with van der Waals surface area (Å²) < 4.78 is 28.3. The predicted octanol–water partition coefficient (Wildman–Crippen LogP) is 3.38. The number of halogens is 3. The van der Waals surface area contributed by atoms with Crippen molar-refractivity contribution in [2.45, 2.75) is 26.9 Å². The Hall–Kier alpha value is -1.89. The minimum absolute atomic E-state index is 0.0920. The Bertz CT molecular complexity index is 549. The number of aliphatic carboxylic acids is 1. The molecule has 5 nitrogen and oxygen atoms in total. The summed E-state index contributed by atoms with van der Waals surface area (Å²) in [6.45, 7) is -0.164. The number of rotatable bonds is 6. The molecule has 0 fully saturated rings. The molecule has 2 N–H and O–H groups in total. The highest BCUT2D eigenvalue weighted by molar-refractivity contribution is 6.32. The third-order valence-electron chi connectivity index (χ3n) is 2.61. The lowest BCUT2D eigenvalue weighted by molar-refractivity contribution is -0.148. The van der Waals surface area contributed by atoms with Crippen molar-refractivity contribution in [1.29, 1.82) is 0 Å². The summed E-state index contributed by atoms with van der Waals surface area (Å²) in [5, 5.41) is 11.3. The van der Waals surface area contributed by atoms with Gasteiger partial charge in [-0.05, 0) is 32.0 Å². The van der Waals surface area contributed by atoms with Gasteiger partial charge in [-0.2, -0.15) is 8.78 Å². The van der Waals surface area contributed by atoms with E-state index in [4.69, 9.17) is 16.7 Å². The minimum atomic E-state index is -3.00. The second-order valence-electron chi connectivity index (χ2n) is 4.94. The Balaban J connectivity index is 2.74. The molecule has 0 aliphatic carbocycles. The number of hydrogen-bond donors (Lipinski definition) is 2. The number of amides is 1. The molecule has 0 heterocycles. The maximum Gasteiger partial charge on any atom is 0.387 e. The van der Waals surface area contributed by atoms with Crippen molar-refractivity contribution >= 4 is 29.2 Å². The van der Waals surface area contributed by atoms with E-state index >= 15 is 0 Å². The van der Waals surface area contributed by atoms with Crippen molar-refractivity contribution in [2.75, 3.05) is 5.32 Å². The van der Waals surface area contributed by atoms with Gasteiger partial charge in [-0.3, -0.25) is 9.59 Å². The summed E-state index contributed by atoms with van der Waals surface area (Å²) in [6, 6.07) is 3.76. The van der Waals surface area contributed by atoms with E-state index in [1.165, 1.54) is 32.0 Å². The molecule has 1 aromatic carbocycles. The van der Waals surface area contributed by atoms with Crippen LogP contribution in [0.1, 0.15) is 20.3 Å². The number of carbonyl (C=O) groups excluding carboxylic acids is 1. The van der Waals surface area contributed by atoms with Crippen molar-refractivity contribution in [3.05, 3.63) is 23.2 Å². The fraction of sp³-hybridized carbons (Fsp3) is 0.385. The molecule has 0 aliphatic heterocycles. The predicted molar refractivity (Wildman–Crippen MR) is 72.7 cm³/mol. The fourth-order valence-electron chi connectivity index (χ4n) is 1.45. The second kappa shape index (κ2) is 6.71. The zero-order valence-corrected chi connectivity index (χ0v) is 12.1. The molecule has 0 saturated carbocycles. The van der Waals surface area contributed by atoms with Crippen LogP contribution in [-0.4, -0.2) is 23.6 Å². The van der Waals surface area contributed by atoms with E-state index < -0.39 is 23.9 Å². The van der Waals surface area contributed by atoms with Gasteiger partial charge in [0.25, 0.3) is 0 Å². The summed E-state index contributed by atoms with van der Waals surface area (Å²) in [7, 11) is 0. The highest BCUT2D eigenvalue weighted by Crippen LogP contribution is 2.29. The number of carbonyl (C=O) groups is 2. The van der Waals surface area contributed by atoms with E-state index in [1.54, 1.807) is 0 Å². The van der Waals surface area contributed by atoms with Crippen molar-refractivity contribution in [3.63, 3.8) is 0 Å². The first-order valence-electron chi connectivity index (χ1n) is 5.89. The minimum Gasteiger partial charge on any atom is -0.481 e. The Labute approximate surface area is 124 Å². The highest BCUT2D eigenvalue weighted by atomic mass is 35.5. The van der Waals surface area contributed by atoms with Crippen molar-refractivity contribution < 1.29 is 28.2 Å². The van der Waals surface area contributed by atoms with Gasteiger partial charge in [0.2, 0.25) is 5.91 Å². The average molecular weight is 322 g/mol. The molecule has 1 amide bonds. The number of alkyl halides is 2. The van der Waals surface area contributed by atoms with Gasteiger partial charge in [0.05, 0.1) is 10.4 Å². The van der Waals surface area contributed by atoms with Crippen LogP contribution >= 0.6 is 11.6 Å². The van der Waals surface area contributed by atoms with Crippen LogP contribution < -0.4 is 10.1 Å². The number of nitrogens with one attached hydrogen (secondary N) is 1. The summed E-state index contributed by atoms with van der Waals surface area (Å²) in [6.07, 6.45) is -0.241. The number of ether oxygens (including phenoxy) is 1. The van der Waals surface area contributed by atoms with Gasteiger partial charge in [-0.1, -0.05) is 11.6 Å². The summed E-state index contributed by atoms with van der Waals surface area (Å²) >= 11 is 5.74. The van der Waals surface area contributed by atoms with Gasteiger partial charge in [0.15, 0.2) is 0 Å². The molecule has 8 heteroatoms. The quantitative estimate of drug-likeness (QED) is 0.842. The third-order valence-corrected chi connectivity index (χ3v) is 2.91. The Morgan fingerprint density at radius 2 is 2.05 bits per heavy atom. The SMILES string of the molecule is CC(C)(CC(=O)Nc1ccc(OC(F)F)c(Cl)c1)C(=O)O. The lowest BCUT2D eigenvalue weighted by Crippen LogP contribution is -2.29. The molecular weight excluding hydrogens is 308 g/mol. The molecule has 1 rings (SSSR count). The molecule has 0 bridgehead atoms. The Morgan fingerprint density at radius 1 is 1.43 bits per heavy atom. The monoisotopic (exact) mass is 321 g/mol. The molecule has 0 aliphatic rings. The maximum atomic E-state index is 12.1. The molecule has 1 aromatic rings. The maximum absolute atomic E-state index is 12.1. The Kier molecular flexibility index (Phi) is 5.48. The molecular formula is C13H14ClF2NO4. The second-order valence-corrected chi connectivity index (χ2v) is 5.34. The van der Waals surface area contributed by atoms with E-state index in [1.807, 2.05) is 0 Å². The van der Waals surface area contributed by atoms with Gasteiger partial charge < -0.3 is 15.2 Å². The molecule has 116 valence electrons. The van der Waals surface area contributed by atoms with E-state index in [2.05, 4.69) is 10.1 Å². The number of anilines is 1. The van der Waals surface area contributed by atoms with Gasteiger partial charge in [0.1, 0.15) is 5.75 Å². The standard InChI is InChI=1S/C13H14ClF2NO4/c1-13(2,11(19)20)6-10(18)17-7-3-4-9(8(14)5-7)21-12(15)16/h3-5,12H,6H2,1-2H3,(H,17,18)(H,19,20). The molecule has 0 unspecified atom stereocenters.